The quantitative estimate of drug-likeness (QED) is 0.679. The van der Waals surface area contributed by atoms with Crippen LogP contribution in [0.25, 0.3) is 11.3 Å². The molecule has 1 unspecified atom stereocenters. The molecule has 0 bridgehead atoms. The summed E-state index contributed by atoms with van der Waals surface area (Å²) in [6.07, 6.45) is 1.03. The van der Waals surface area contributed by atoms with Crippen LogP contribution in [0.3, 0.4) is 0 Å². The van der Waals surface area contributed by atoms with Gasteiger partial charge in [0.1, 0.15) is 5.15 Å². The number of aromatic amines is 1. The Bertz CT molecular complexity index is 764. The molecule has 0 fully saturated rings. The summed E-state index contributed by atoms with van der Waals surface area (Å²) in [6, 6.07) is 14.9. The van der Waals surface area contributed by atoms with Crippen molar-refractivity contribution in [3.05, 3.63) is 58.7 Å². The average molecular weight is 298 g/mol. The fourth-order valence-electron chi connectivity index (χ4n) is 3.21. The number of aromatic nitrogens is 2. The lowest BCUT2D eigenvalue weighted by atomic mass is 9.94. The van der Waals surface area contributed by atoms with E-state index in [9.17, 15) is 0 Å². The standard InChI is InChI=1S/C17H16ClN3/c1-11-13-6-3-2-5-12(13)9-10-21(11)17-19-15-8-4-7-14(15)16(18)20-17/h2-8,11H,9-10H2,1H3,(H,19,20). The molecule has 1 N–H and O–H groups in total. The van der Waals surface area contributed by atoms with Gasteiger partial charge in [-0.3, -0.25) is 0 Å². The maximum atomic E-state index is 6.31. The number of H-pyrrole nitrogens is 1. The van der Waals surface area contributed by atoms with Gasteiger partial charge in [0, 0.05) is 12.1 Å². The van der Waals surface area contributed by atoms with E-state index in [1.165, 1.54) is 11.1 Å². The minimum Gasteiger partial charge on any atom is -0.335 e. The summed E-state index contributed by atoms with van der Waals surface area (Å²) >= 11 is 6.31. The maximum Gasteiger partial charge on any atom is 0.205 e. The molecule has 0 amide bonds. The molecule has 0 aromatic heterocycles. The summed E-state index contributed by atoms with van der Waals surface area (Å²) in [7, 11) is 0. The maximum absolute atomic E-state index is 6.31. The van der Waals surface area contributed by atoms with Crippen molar-refractivity contribution in [3.8, 4) is 11.3 Å². The number of hydrogen-bond acceptors (Lipinski definition) is 2. The average Bonchev–Trinajstić information content (AvgIpc) is 2.97. The van der Waals surface area contributed by atoms with Crippen LogP contribution in [0.1, 0.15) is 24.1 Å². The van der Waals surface area contributed by atoms with E-state index in [0.29, 0.717) is 11.2 Å². The van der Waals surface area contributed by atoms with Gasteiger partial charge < -0.3 is 9.88 Å². The molecule has 0 spiro atoms. The third-order valence-corrected chi connectivity index (χ3v) is 4.64. The number of hydrogen-bond donors (Lipinski definition) is 1. The van der Waals surface area contributed by atoms with Gasteiger partial charge in [0.15, 0.2) is 0 Å². The molecule has 0 saturated carbocycles. The van der Waals surface area contributed by atoms with Crippen molar-refractivity contribution in [3.63, 3.8) is 0 Å². The Balaban J connectivity index is 1.78. The second-order valence-corrected chi connectivity index (χ2v) is 5.88. The molecule has 0 saturated heterocycles. The zero-order valence-electron chi connectivity index (χ0n) is 11.8. The fourth-order valence-corrected chi connectivity index (χ4v) is 3.45. The van der Waals surface area contributed by atoms with Gasteiger partial charge in [0.05, 0.1) is 11.7 Å². The lowest BCUT2D eigenvalue weighted by Crippen LogP contribution is -2.35. The number of nitrogens with zero attached hydrogens (tertiary/aromatic N) is 2. The van der Waals surface area contributed by atoms with Crippen LogP contribution in [0.15, 0.2) is 42.5 Å². The zero-order valence-corrected chi connectivity index (χ0v) is 12.6. The highest BCUT2D eigenvalue weighted by Crippen LogP contribution is 2.35. The van der Waals surface area contributed by atoms with Crippen LogP contribution in [0.2, 0.25) is 5.15 Å². The summed E-state index contributed by atoms with van der Waals surface area (Å²) in [5, 5.41) is 0.565. The topological polar surface area (TPSA) is 31.9 Å². The van der Waals surface area contributed by atoms with Gasteiger partial charge in [-0.2, -0.15) is 0 Å². The van der Waals surface area contributed by atoms with Crippen molar-refractivity contribution < 1.29 is 0 Å². The normalized spacial score (nSPS) is 18.0. The predicted octanol–water partition coefficient (Wildman–Crippen LogP) is 4.29. The number of anilines is 1. The van der Waals surface area contributed by atoms with Gasteiger partial charge >= 0.3 is 0 Å². The van der Waals surface area contributed by atoms with Crippen molar-refractivity contribution in [2.75, 3.05) is 11.4 Å². The Hall–Kier alpha value is -2.00. The van der Waals surface area contributed by atoms with E-state index >= 15 is 0 Å². The summed E-state index contributed by atoms with van der Waals surface area (Å²) in [6.45, 7) is 3.17. The van der Waals surface area contributed by atoms with E-state index in [2.05, 4.69) is 46.1 Å². The minimum atomic E-state index is 0.294. The van der Waals surface area contributed by atoms with E-state index in [1.54, 1.807) is 0 Å². The molecule has 1 aliphatic carbocycles. The van der Waals surface area contributed by atoms with E-state index < -0.39 is 0 Å². The molecule has 106 valence electrons. The summed E-state index contributed by atoms with van der Waals surface area (Å²) < 4.78 is 0. The third-order valence-electron chi connectivity index (χ3n) is 4.36. The van der Waals surface area contributed by atoms with Crippen molar-refractivity contribution in [1.82, 2.24) is 9.97 Å². The Morgan fingerprint density at radius 1 is 1.19 bits per heavy atom. The van der Waals surface area contributed by atoms with E-state index in [-0.39, 0.29) is 0 Å². The van der Waals surface area contributed by atoms with Crippen LogP contribution in [0, 0.1) is 0 Å². The molecule has 1 atom stereocenters. The third kappa shape index (κ3) is 2.00. The first-order valence-corrected chi connectivity index (χ1v) is 7.60. The molecular weight excluding hydrogens is 282 g/mol. The molecule has 1 aromatic rings. The summed E-state index contributed by atoms with van der Waals surface area (Å²) in [4.78, 5) is 10.3. The first-order valence-electron chi connectivity index (χ1n) is 7.23. The highest BCUT2D eigenvalue weighted by molar-refractivity contribution is 6.32. The van der Waals surface area contributed by atoms with Gasteiger partial charge in [-0.1, -0.05) is 41.9 Å². The number of nitrogens with one attached hydrogen (secondary N) is 1. The molecule has 1 aromatic carbocycles. The second kappa shape index (κ2) is 4.78. The SMILES string of the molecule is CC1c2ccccc2CCN1c1nc(Cl)c2cccc-2[nH]1. The Labute approximate surface area is 128 Å². The van der Waals surface area contributed by atoms with Crippen LogP contribution >= 0.6 is 11.6 Å². The molecule has 2 heterocycles. The Morgan fingerprint density at radius 3 is 2.95 bits per heavy atom. The minimum absolute atomic E-state index is 0.294. The molecule has 4 heteroatoms. The Morgan fingerprint density at radius 2 is 2.05 bits per heavy atom. The van der Waals surface area contributed by atoms with E-state index in [1.807, 2.05) is 18.2 Å². The van der Waals surface area contributed by atoms with E-state index in [4.69, 9.17) is 11.6 Å². The van der Waals surface area contributed by atoms with Gasteiger partial charge in [-0.05, 0) is 36.6 Å². The highest BCUT2D eigenvalue weighted by Gasteiger charge is 2.26. The number of fused-ring (bicyclic) bond motifs is 2. The van der Waals surface area contributed by atoms with Gasteiger partial charge in [0.25, 0.3) is 0 Å². The number of halogens is 1. The first-order chi connectivity index (χ1) is 10.2. The molecule has 2 aliphatic heterocycles. The monoisotopic (exact) mass is 297 g/mol. The predicted molar refractivity (Wildman–Crippen MR) is 86.1 cm³/mol. The van der Waals surface area contributed by atoms with Gasteiger partial charge in [0.2, 0.25) is 5.95 Å². The number of benzene rings is 1. The number of rotatable bonds is 1. The van der Waals surface area contributed by atoms with Crippen LogP contribution in [0.5, 0.6) is 0 Å². The fraction of sp³-hybridized carbons (Fsp3) is 0.235. The van der Waals surface area contributed by atoms with Crippen LogP contribution in [-0.4, -0.2) is 16.5 Å². The highest BCUT2D eigenvalue weighted by atomic mass is 35.5. The van der Waals surface area contributed by atoms with E-state index in [0.717, 1.165) is 30.2 Å². The van der Waals surface area contributed by atoms with Crippen LogP contribution < -0.4 is 4.90 Å². The van der Waals surface area contributed by atoms with Crippen LogP contribution in [0.4, 0.5) is 5.95 Å². The lowest BCUT2D eigenvalue weighted by Gasteiger charge is -2.36. The summed E-state index contributed by atoms with van der Waals surface area (Å²) in [5.41, 5.74) is 4.82. The first kappa shape index (κ1) is 12.7. The van der Waals surface area contributed by atoms with Crippen molar-refractivity contribution in [2.45, 2.75) is 19.4 Å². The van der Waals surface area contributed by atoms with Gasteiger partial charge in [-0.25, -0.2) is 4.98 Å². The Kier molecular flexibility index (Phi) is 2.89. The summed E-state index contributed by atoms with van der Waals surface area (Å²) in [5.74, 6) is 0.848. The molecular formula is C17H16ClN3. The second-order valence-electron chi connectivity index (χ2n) is 5.52. The molecule has 0 radical (unpaired) electrons. The van der Waals surface area contributed by atoms with Gasteiger partial charge in [-0.15, -0.1) is 0 Å². The molecule has 3 nitrogen and oxygen atoms in total. The van der Waals surface area contributed by atoms with Crippen molar-refractivity contribution in [2.24, 2.45) is 0 Å². The largest absolute Gasteiger partial charge is 0.335 e. The molecule has 21 heavy (non-hydrogen) atoms. The molecule has 4 rings (SSSR count). The zero-order chi connectivity index (χ0) is 14.4. The van der Waals surface area contributed by atoms with Crippen molar-refractivity contribution >= 4 is 17.5 Å². The van der Waals surface area contributed by atoms with Crippen molar-refractivity contribution in [1.29, 1.82) is 0 Å². The van der Waals surface area contributed by atoms with Crippen LogP contribution in [-0.2, 0) is 6.42 Å². The smallest absolute Gasteiger partial charge is 0.205 e. The molecule has 3 aliphatic rings. The lowest BCUT2D eigenvalue weighted by molar-refractivity contribution is 0.608.